The molecule has 0 unspecified atom stereocenters. The van der Waals surface area contributed by atoms with Crippen molar-refractivity contribution in [3.05, 3.63) is 47.0 Å². The molecule has 0 N–H and O–H groups in total. The first-order valence-corrected chi connectivity index (χ1v) is 7.45. The van der Waals surface area contributed by atoms with Gasteiger partial charge in [0.15, 0.2) is 5.78 Å². The predicted octanol–water partition coefficient (Wildman–Crippen LogP) is 4.96. The Morgan fingerprint density at radius 1 is 1.26 bits per heavy atom. The van der Waals surface area contributed by atoms with Gasteiger partial charge in [-0.15, -0.1) is 0 Å². The number of hydrogen-bond acceptors (Lipinski definition) is 1. The van der Waals surface area contributed by atoms with E-state index in [1.165, 1.54) is 24.0 Å². The van der Waals surface area contributed by atoms with E-state index >= 15 is 0 Å². The van der Waals surface area contributed by atoms with Crippen molar-refractivity contribution in [1.29, 1.82) is 0 Å². The minimum absolute atomic E-state index is 0.277. The number of carbonyl (C=O) groups is 1. The zero-order chi connectivity index (χ0) is 13.7. The third-order valence-electron chi connectivity index (χ3n) is 3.67. The number of Topliss-reactive ketones (excluding diaryl/α,β-unsaturated/α-hetero) is 1. The van der Waals surface area contributed by atoms with Gasteiger partial charge in [0.05, 0.1) is 0 Å². The smallest absolute Gasteiger partial charge is 0.166 e. The molecule has 1 aromatic rings. The number of ketones is 1. The van der Waals surface area contributed by atoms with E-state index in [9.17, 15) is 4.79 Å². The lowest BCUT2D eigenvalue weighted by Gasteiger charge is -2.12. The molecule has 0 aromatic heterocycles. The molecule has 1 nitrogen and oxygen atoms in total. The molecule has 0 atom stereocenters. The molecular weight excluding hydrogens is 232 g/mol. The summed E-state index contributed by atoms with van der Waals surface area (Å²) in [7, 11) is 0. The topological polar surface area (TPSA) is 17.1 Å². The Balaban J connectivity index is 2.04. The van der Waals surface area contributed by atoms with Gasteiger partial charge >= 0.3 is 0 Å². The molecule has 0 amide bonds. The maximum Gasteiger partial charge on any atom is 0.166 e. The van der Waals surface area contributed by atoms with Crippen molar-refractivity contribution in [3.8, 4) is 0 Å². The van der Waals surface area contributed by atoms with Gasteiger partial charge in [-0.2, -0.15) is 0 Å². The van der Waals surface area contributed by atoms with Crippen molar-refractivity contribution >= 4 is 5.78 Å². The van der Waals surface area contributed by atoms with Crippen molar-refractivity contribution in [1.82, 2.24) is 0 Å². The summed E-state index contributed by atoms with van der Waals surface area (Å²) in [5.41, 5.74) is 3.49. The Labute approximate surface area is 116 Å². The van der Waals surface area contributed by atoms with Crippen LogP contribution in [-0.4, -0.2) is 5.78 Å². The van der Waals surface area contributed by atoms with Crippen LogP contribution in [0.4, 0.5) is 0 Å². The maximum atomic E-state index is 12.3. The normalized spacial score (nSPS) is 15.4. The van der Waals surface area contributed by atoms with E-state index in [0.717, 1.165) is 24.8 Å². The lowest BCUT2D eigenvalue weighted by molar-refractivity contribution is 0.0991. The third kappa shape index (κ3) is 4.34. The molecule has 0 saturated carbocycles. The van der Waals surface area contributed by atoms with Crippen molar-refractivity contribution in [2.75, 3.05) is 0 Å². The Morgan fingerprint density at radius 3 is 2.79 bits per heavy atom. The first kappa shape index (κ1) is 14.0. The number of allylic oxidation sites excluding steroid dienone is 2. The Morgan fingerprint density at radius 2 is 2.11 bits per heavy atom. The lowest BCUT2D eigenvalue weighted by atomic mass is 9.92. The van der Waals surface area contributed by atoms with Crippen LogP contribution in [0.1, 0.15) is 61.9 Å². The van der Waals surface area contributed by atoms with E-state index in [-0.39, 0.29) is 5.78 Å². The van der Waals surface area contributed by atoms with Gasteiger partial charge in [-0.3, -0.25) is 4.79 Å². The molecule has 19 heavy (non-hydrogen) atoms. The van der Waals surface area contributed by atoms with Gasteiger partial charge in [-0.05, 0) is 49.7 Å². The third-order valence-corrected chi connectivity index (χ3v) is 3.67. The highest BCUT2D eigenvalue weighted by molar-refractivity contribution is 5.97. The second kappa shape index (κ2) is 6.70. The van der Waals surface area contributed by atoms with E-state index in [4.69, 9.17) is 0 Å². The summed E-state index contributed by atoms with van der Waals surface area (Å²) in [4.78, 5) is 12.3. The van der Waals surface area contributed by atoms with Crippen LogP contribution in [0.15, 0.2) is 35.9 Å². The van der Waals surface area contributed by atoms with Crippen molar-refractivity contribution in [2.45, 2.75) is 52.4 Å². The fourth-order valence-electron chi connectivity index (χ4n) is 2.72. The van der Waals surface area contributed by atoms with E-state index in [0.29, 0.717) is 12.3 Å². The molecule has 2 rings (SSSR count). The van der Waals surface area contributed by atoms with Gasteiger partial charge in [0, 0.05) is 12.0 Å². The molecule has 1 heteroatoms. The molecule has 1 aliphatic rings. The van der Waals surface area contributed by atoms with Crippen LogP contribution in [0.2, 0.25) is 0 Å². The van der Waals surface area contributed by atoms with Crippen molar-refractivity contribution in [3.63, 3.8) is 0 Å². The fraction of sp³-hybridized carbons (Fsp3) is 0.500. The zero-order valence-corrected chi connectivity index (χ0v) is 12.1. The number of hydrogen-bond donors (Lipinski definition) is 0. The van der Waals surface area contributed by atoms with Crippen molar-refractivity contribution in [2.24, 2.45) is 5.92 Å². The number of benzene rings is 1. The summed E-state index contributed by atoms with van der Waals surface area (Å²) < 4.78 is 0. The van der Waals surface area contributed by atoms with Crippen molar-refractivity contribution < 1.29 is 4.79 Å². The first-order valence-electron chi connectivity index (χ1n) is 7.45. The summed E-state index contributed by atoms with van der Waals surface area (Å²) in [6.07, 6.45) is 8.70. The molecule has 0 spiro atoms. The SMILES string of the molecule is CC(C)Cc1cccc(C(=O)CC2=CCCCC2)c1. The van der Waals surface area contributed by atoms with E-state index < -0.39 is 0 Å². The highest BCUT2D eigenvalue weighted by Gasteiger charge is 2.11. The molecule has 0 radical (unpaired) electrons. The Hall–Kier alpha value is -1.37. The second-order valence-corrected chi connectivity index (χ2v) is 6.01. The number of rotatable bonds is 5. The summed E-state index contributed by atoms with van der Waals surface area (Å²) in [6, 6.07) is 8.16. The number of carbonyl (C=O) groups excluding carboxylic acids is 1. The summed E-state index contributed by atoms with van der Waals surface area (Å²) in [6.45, 7) is 4.42. The largest absolute Gasteiger partial charge is 0.294 e. The molecule has 0 heterocycles. The van der Waals surface area contributed by atoms with Crippen LogP contribution < -0.4 is 0 Å². The quantitative estimate of drug-likeness (QED) is 0.537. The average molecular weight is 256 g/mol. The fourth-order valence-corrected chi connectivity index (χ4v) is 2.72. The van der Waals surface area contributed by atoms with Gasteiger partial charge in [-0.25, -0.2) is 0 Å². The molecular formula is C18H24O. The maximum absolute atomic E-state index is 12.3. The molecule has 1 aliphatic carbocycles. The highest BCUT2D eigenvalue weighted by atomic mass is 16.1. The van der Waals surface area contributed by atoms with Gasteiger partial charge in [0.2, 0.25) is 0 Å². The van der Waals surface area contributed by atoms with Gasteiger partial charge < -0.3 is 0 Å². The van der Waals surface area contributed by atoms with Gasteiger partial charge in [0.1, 0.15) is 0 Å². The van der Waals surface area contributed by atoms with Crippen LogP contribution >= 0.6 is 0 Å². The van der Waals surface area contributed by atoms with Crippen LogP contribution in [0.3, 0.4) is 0 Å². The van der Waals surface area contributed by atoms with Gasteiger partial charge in [-0.1, -0.05) is 43.7 Å². The minimum Gasteiger partial charge on any atom is -0.294 e. The minimum atomic E-state index is 0.277. The summed E-state index contributed by atoms with van der Waals surface area (Å²) in [5.74, 6) is 0.908. The predicted molar refractivity (Wildman–Crippen MR) is 80.5 cm³/mol. The molecule has 0 aliphatic heterocycles. The Bertz CT molecular complexity index is 468. The molecule has 0 saturated heterocycles. The van der Waals surface area contributed by atoms with Gasteiger partial charge in [0.25, 0.3) is 0 Å². The van der Waals surface area contributed by atoms with E-state index in [1.807, 2.05) is 12.1 Å². The molecule has 0 bridgehead atoms. The lowest BCUT2D eigenvalue weighted by Crippen LogP contribution is -2.04. The van der Waals surface area contributed by atoms with E-state index in [1.54, 1.807) is 0 Å². The second-order valence-electron chi connectivity index (χ2n) is 6.01. The summed E-state index contributed by atoms with van der Waals surface area (Å²) >= 11 is 0. The monoisotopic (exact) mass is 256 g/mol. The molecule has 0 fully saturated rings. The molecule has 102 valence electrons. The summed E-state index contributed by atoms with van der Waals surface area (Å²) in [5, 5.41) is 0. The zero-order valence-electron chi connectivity index (χ0n) is 12.1. The van der Waals surface area contributed by atoms with E-state index in [2.05, 4.69) is 32.1 Å². The Kier molecular flexibility index (Phi) is 4.95. The highest BCUT2D eigenvalue weighted by Crippen LogP contribution is 2.22. The van der Waals surface area contributed by atoms with Crippen LogP contribution in [0.5, 0.6) is 0 Å². The first-order chi connectivity index (χ1) is 9.15. The van der Waals surface area contributed by atoms with Crippen LogP contribution in [0.25, 0.3) is 0 Å². The van der Waals surface area contributed by atoms with Crippen LogP contribution in [0, 0.1) is 5.92 Å². The molecule has 1 aromatic carbocycles. The van der Waals surface area contributed by atoms with Crippen LogP contribution in [-0.2, 0) is 6.42 Å². The standard InChI is InChI=1S/C18H24O/c1-14(2)11-16-9-6-10-17(12-16)18(19)13-15-7-4-3-5-8-15/h6-7,9-10,12,14H,3-5,8,11,13H2,1-2H3. The average Bonchev–Trinajstić information content (AvgIpc) is 2.39.